The van der Waals surface area contributed by atoms with E-state index < -0.39 is 17.2 Å². The molecule has 0 bridgehead atoms. The minimum atomic E-state index is -0.639. The largest absolute Gasteiger partial charge is 0.451 e. The minimum Gasteiger partial charge on any atom is -0.451 e. The molecule has 10 heteroatoms. The van der Waals surface area contributed by atoms with Crippen LogP contribution in [0.4, 0.5) is 10.1 Å². The van der Waals surface area contributed by atoms with Crippen LogP contribution in [0.5, 0.6) is 0 Å². The number of carbonyl (C=O) groups excluding carboxylic acids is 1. The number of halogens is 1. The summed E-state index contributed by atoms with van der Waals surface area (Å²) in [5.41, 5.74) is 0.875. The SMILES string of the molecule is CN1CCCC1CCNc1c(F)cc2c(=O)c(C(=O)N3CCOCC3)cn3c4cc5c(cc4oc1c23)c(=O)c1ccccc15. The van der Waals surface area contributed by atoms with Crippen LogP contribution < -0.4 is 16.2 Å². The fraction of sp³-hybridized carbons (Fsp3) is 0.324. The first-order valence-corrected chi connectivity index (χ1v) is 15.1. The molecule has 2 aliphatic rings. The minimum absolute atomic E-state index is 0.0558. The van der Waals surface area contributed by atoms with Crippen LogP contribution in [0.2, 0.25) is 0 Å². The number of morpholine rings is 1. The van der Waals surface area contributed by atoms with E-state index >= 15 is 4.39 Å². The zero-order valence-corrected chi connectivity index (χ0v) is 24.3. The third-order valence-corrected chi connectivity index (χ3v) is 9.45. The Bertz CT molecular complexity index is 2240. The van der Waals surface area contributed by atoms with Gasteiger partial charge in [0.25, 0.3) is 5.91 Å². The van der Waals surface area contributed by atoms with Crippen LogP contribution in [0.25, 0.3) is 49.1 Å². The summed E-state index contributed by atoms with van der Waals surface area (Å²) < 4.78 is 29.5. The van der Waals surface area contributed by atoms with Gasteiger partial charge in [0.2, 0.25) is 5.43 Å². The van der Waals surface area contributed by atoms with Crippen LogP contribution >= 0.6 is 0 Å². The Morgan fingerprint density at radius 2 is 1.77 bits per heavy atom. The van der Waals surface area contributed by atoms with Gasteiger partial charge < -0.3 is 28.7 Å². The molecular weight excluding hydrogens is 563 g/mol. The number of fused-ring (bicyclic) bond motifs is 5. The predicted octanol–water partition coefficient (Wildman–Crippen LogP) is 4.81. The molecule has 1 N–H and O–H groups in total. The molecule has 2 fully saturated rings. The van der Waals surface area contributed by atoms with Gasteiger partial charge in [-0.2, -0.15) is 0 Å². The average molecular weight is 595 g/mol. The molecule has 2 aliphatic heterocycles. The Morgan fingerprint density at radius 3 is 2.55 bits per heavy atom. The van der Waals surface area contributed by atoms with Gasteiger partial charge in [-0.3, -0.25) is 14.4 Å². The van der Waals surface area contributed by atoms with E-state index in [1.807, 2.05) is 24.3 Å². The number of nitrogens with one attached hydrogen (secondary N) is 1. The van der Waals surface area contributed by atoms with Crippen molar-refractivity contribution < 1.29 is 18.3 Å². The first kappa shape index (κ1) is 27.0. The van der Waals surface area contributed by atoms with Gasteiger partial charge in [0.05, 0.1) is 24.1 Å². The van der Waals surface area contributed by atoms with Gasteiger partial charge in [0, 0.05) is 42.6 Å². The molecule has 224 valence electrons. The summed E-state index contributed by atoms with van der Waals surface area (Å²) in [6, 6.07) is 12.6. The average Bonchev–Trinajstić information content (AvgIpc) is 3.58. The predicted molar refractivity (Wildman–Crippen MR) is 169 cm³/mol. The highest BCUT2D eigenvalue weighted by molar-refractivity contribution is 6.15. The number of likely N-dealkylation sites (tertiary alicyclic amines) is 1. The molecule has 1 amide bonds. The second-order valence-electron chi connectivity index (χ2n) is 11.9. The third-order valence-electron chi connectivity index (χ3n) is 9.45. The lowest BCUT2D eigenvalue weighted by Crippen LogP contribution is -2.42. The van der Waals surface area contributed by atoms with Gasteiger partial charge in [-0.1, -0.05) is 24.3 Å². The fourth-order valence-electron chi connectivity index (χ4n) is 7.10. The second kappa shape index (κ2) is 10.3. The summed E-state index contributed by atoms with van der Waals surface area (Å²) >= 11 is 0. The topological polar surface area (TPSA) is 96.5 Å². The first-order chi connectivity index (χ1) is 21.4. The normalized spacial score (nSPS) is 18.0. The maximum Gasteiger partial charge on any atom is 0.259 e. The molecule has 9 nitrogen and oxygen atoms in total. The lowest BCUT2D eigenvalue weighted by Gasteiger charge is -2.27. The monoisotopic (exact) mass is 594 g/mol. The number of rotatable bonds is 5. The molecule has 0 radical (unpaired) electrons. The van der Waals surface area contributed by atoms with Crippen molar-refractivity contribution in [3.05, 3.63) is 80.5 Å². The van der Waals surface area contributed by atoms with Crippen LogP contribution in [0.1, 0.15) is 29.6 Å². The first-order valence-electron chi connectivity index (χ1n) is 15.1. The summed E-state index contributed by atoms with van der Waals surface area (Å²) in [5.74, 6) is -1.07. The Balaban J connectivity index is 1.39. The van der Waals surface area contributed by atoms with Crippen LogP contribution in [-0.4, -0.2) is 72.6 Å². The number of pyridine rings is 1. The number of nitrogens with zero attached hydrogens (tertiary/aromatic N) is 3. The maximum absolute atomic E-state index is 15.9. The van der Waals surface area contributed by atoms with Crippen LogP contribution in [0.3, 0.4) is 0 Å². The quantitative estimate of drug-likeness (QED) is 0.226. The Labute approximate surface area is 250 Å². The van der Waals surface area contributed by atoms with Crippen molar-refractivity contribution in [3.8, 4) is 0 Å². The lowest BCUT2D eigenvalue weighted by molar-refractivity contribution is 0.0302. The van der Waals surface area contributed by atoms with Gasteiger partial charge in [-0.15, -0.1) is 0 Å². The van der Waals surface area contributed by atoms with E-state index in [2.05, 4.69) is 17.3 Å². The van der Waals surface area contributed by atoms with E-state index in [1.54, 1.807) is 21.4 Å². The lowest BCUT2D eigenvalue weighted by atomic mass is 10.1. The number of hydrogen-bond acceptors (Lipinski definition) is 7. The molecule has 2 aromatic heterocycles. The van der Waals surface area contributed by atoms with Crippen molar-refractivity contribution >= 4 is 60.7 Å². The smallest absolute Gasteiger partial charge is 0.259 e. The van der Waals surface area contributed by atoms with Gasteiger partial charge >= 0.3 is 0 Å². The number of amides is 1. The van der Waals surface area contributed by atoms with E-state index in [-0.39, 0.29) is 27.6 Å². The number of ether oxygens (including phenoxy) is 1. The van der Waals surface area contributed by atoms with Crippen molar-refractivity contribution in [2.24, 2.45) is 0 Å². The highest BCUT2D eigenvalue weighted by Crippen LogP contribution is 2.36. The summed E-state index contributed by atoms with van der Waals surface area (Å²) in [5, 5.41) is 5.94. The number of anilines is 1. The fourth-order valence-corrected chi connectivity index (χ4v) is 7.10. The molecule has 44 heavy (non-hydrogen) atoms. The molecule has 4 heterocycles. The van der Waals surface area contributed by atoms with Crippen LogP contribution in [0, 0.1) is 5.82 Å². The van der Waals surface area contributed by atoms with Gasteiger partial charge in [-0.05, 0) is 61.8 Å². The van der Waals surface area contributed by atoms with Gasteiger partial charge in [0.1, 0.15) is 16.8 Å². The molecule has 2 saturated heterocycles. The Morgan fingerprint density at radius 1 is 0.977 bits per heavy atom. The summed E-state index contributed by atoms with van der Waals surface area (Å²) in [6.07, 6.45) is 4.60. The molecular formula is C34H31FN4O5. The summed E-state index contributed by atoms with van der Waals surface area (Å²) in [6.45, 7) is 3.05. The standard InChI is InChI=1S/C34H31FN4O5/c1-37-10-4-5-19(37)8-9-36-29-26(35)15-24-30-33(29)44-28-17-23-22(20-6-2-3-7-21(20)31(23)40)16-27(28)39(30)18-25(32(24)41)34(42)38-11-13-43-14-12-38/h2-3,6-7,15-19,36H,4-5,8-14H2,1H3. The van der Waals surface area contributed by atoms with E-state index in [0.717, 1.165) is 36.6 Å². The van der Waals surface area contributed by atoms with Crippen LogP contribution in [0.15, 0.2) is 62.7 Å². The molecule has 6 aromatic rings. The Hall–Kier alpha value is -4.54. The zero-order chi connectivity index (χ0) is 30.1. The van der Waals surface area contributed by atoms with Crippen molar-refractivity contribution in [1.29, 1.82) is 0 Å². The van der Waals surface area contributed by atoms with E-state index in [0.29, 0.717) is 66.3 Å². The van der Waals surface area contributed by atoms with Crippen molar-refractivity contribution in [1.82, 2.24) is 14.2 Å². The molecule has 1 unspecified atom stereocenters. The maximum atomic E-state index is 15.9. The molecule has 0 saturated carbocycles. The van der Waals surface area contributed by atoms with Gasteiger partial charge in [0.15, 0.2) is 22.4 Å². The molecule has 0 spiro atoms. The third kappa shape index (κ3) is 4.08. The zero-order valence-electron chi connectivity index (χ0n) is 24.3. The van der Waals surface area contributed by atoms with Gasteiger partial charge in [-0.25, -0.2) is 4.39 Å². The number of benzene rings is 3. The number of carbonyl (C=O) groups is 1. The molecule has 8 rings (SSSR count). The van der Waals surface area contributed by atoms with E-state index in [1.165, 1.54) is 12.3 Å². The summed E-state index contributed by atoms with van der Waals surface area (Å²) in [4.78, 5) is 44.8. The highest BCUT2D eigenvalue weighted by atomic mass is 19.1. The van der Waals surface area contributed by atoms with Crippen molar-refractivity contribution in [2.45, 2.75) is 25.3 Å². The molecule has 0 aliphatic carbocycles. The highest BCUT2D eigenvalue weighted by Gasteiger charge is 2.27. The van der Waals surface area contributed by atoms with Crippen molar-refractivity contribution in [3.63, 3.8) is 0 Å². The van der Waals surface area contributed by atoms with Crippen molar-refractivity contribution in [2.75, 3.05) is 51.8 Å². The van der Waals surface area contributed by atoms with E-state index in [9.17, 15) is 14.4 Å². The van der Waals surface area contributed by atoms with E-state index in [4.69, 9.17) is 9.15 Å². The molecule has 1 atom stereocenters. The number of hydrogen-bond donors (Lipinski definition) is 1. The summed E-state index contributed by atoms with van der Waals surface area (Å²) in [7, 11) is 2.10. The molecule has 4 aromatic carbocycles. The number of aromatic nitrogens is 1. The second-order valence-corrected chi connectivity index (χ2v) is 11.9. The van der Waals surface area contributed by atoms with Crippen LogP contribution in [-0.2, 0) is 4.74 Å². The Kier molecular flexibility index (Phi) is 6.32.